The van der Waals surface area contributed by atoms with Crippen molar-refractivity contribution in [2.75, 3.05) is 5.32 Å². The van der Waals surface area contributed by atoms with Gasteiger partial charge in [-0.05, 0) is 38.0 Å². The lowest BCUT2D eigenvalue weighted by Gasteiger charge is -2.40. The summed E-state index contributed by atoms with van der Waals surface area (Å²) in [6.07, 6.45) is -0.0286. The molecule has 12 heteroatoms. The Morgan fingerprint density at radius 1 is 1.21 bits per heavy atom. The lowest BCUT2D eigenvalue weighted by Crippen LogP contribution is -2.56. The van der Waals surface area contributed by atoms with Crippen LogP contribution in [0.15, 0.2) is 42.9 Å². The van der Waals surface area contributed by atoms with Crippen molar-refractivity contribution in [3.05, 3.63) is 48.5 Å². The molecule has 1 aliphatic carbocycles. The Labute approximate surface area is 192 Å². The molecule has 0 bridgehead atoms. The predicted molar refractivity (Wildman–Crippen MR) is 115 cm³/mol. The lowest BCUT2D eigenvalue weighted by atomic mass is 9.67. The van der Waals surface area contributed by atoms with Gasteiger partial charge in [0, 0.05) is 31.1 Å². The standard InChI is InChI=1S/C22H21F3N6O3/c1-13-17(34-15-6-9-26-16(10-15)14-11-27-31(2)12-14)4-5-18(28-13)29-20(33)30-19(32)21(7-3-8-21)22(23,24)25/h4-6,9-12H,3,7-8H2,1-2H3,(H2,28,29,30,32,33). The number of nitrogens with one attached hydrogen (secondary N) is 2. The van der Waals surface area contributed by atoms with Crippen molar-refractivity contribution in [1.82, 2.24) is 25.1 Å². The summed E-state index contributed by atoms with van der Waals surface area (Å²) < 4.78 is 47.3. The molecule has 3 aromatic rings. The van der Waals surface area contributed by atoms with Gasteiger partial charge in [0.25, 0.3) is 0 Å². The van der Waals surface area contributed by atoms with Crippen LogP contribution >= 0.6 is 0 Å². The van der Waals surface area contributed by atoms with Gasteiger partial charge in [0.15, 0.2) is 0 Å². The Hall–Kier alpha value is -3.96. The topological polar surface area (TPSA) is 111 Å². The molecule has 3 heterocycles. The van der Waals surface area contributed by atoms with Crippen LogP contribution in [0.25, 0.3) is 11.3 Å². The number of alkyl halides is 3. The Kier molecular flexibility index (Phi) is 5.98. The second kappa shape index (κ2) is 8.76. The van der Waals surface area contributed by atoms with E-state index in [0.717, 1.165) is 5.56 Å². The van der Waals surface area contributed by atoms with Gasteiger partial charge < -0.3 is 4.74 Å². The molecule has 1 fully saturated rings. The van der Waals surface area contributed by atoms with Crippen LogP contribution in [-0.4, -0.2) is 37.9 Å². The Morgan fingerprint density at radius 3 is 2.56 bits per heavy atom. The van der Waals surface area contributed by atoms with Crippen molar-refractivity contribution in [2.24, 2.45) is 12.5 Å². The maximum Gasteiger partial charge on any atom is 0.403 e. The molecule has 9 nitrogen and oxygen atoms in total. The minimum absolute atomic E-state index is 0.0515. The number of aryl methyl sites for hydroxylation is 2. The quantitative estimate of drug-likeness (QED) is 0.569. The van der Waals surface area contributed by atoms with E-state index in [1.165, 1.54) is 6.07 Å². The summed E-state index contributed by atoms with van der Waals surface area (Å²) in [5.74, 6) is -0.408. The number of pyridine rings is 2. The highest BCUT2D eigenvalue weighted by atomic mass is 19.4. The number of urea groups is 1. The maximum absolute atomic E-state index is 13.3. The van der Waals surface area contributed by atoms with Gasteiger partial charge in [0.2, 0.25) is 5.91 Å². The lowest BCUT2D eigenvalue weighted by molar-refractivity contribution is -0.242. The zero-order chi connectivity index (χ0) is 24.5. The molecular weight excluding hydrogens is 453 g/mol. The molecule has 1 aliphatic rings. The Morgan fingerprint density at radius 2 is 1.97 bits per heavy atom. The number of rotatable bonds is 5. The van der Waals surface area contributed by atoms with Crippen LogP contribution < -0.4 is 15.4 Å². The fourth-order valence-electron chi connectivity index (χ4n) is 3.58. The highest BCUT2D eigenvalue weighted by Crippen LogP contribution is 2.53. The second-order valence-electron chi connectivity index (χ2n) is 8.00. The molecule has 0 aromatic carbocycles. The monoisotopic (exact) mass is 474 g/mol. The van der Waals surface area contributed by atoms with Crippen molar-refractivity contribution in [3.8, 4) is 22.8 Å². The molecule has 0 saturated heterocycles. The number of amides is 3. The Bertz CT molecular complexity index is 1240. The molecule has 3 amide bonds. The van der Waals surface area contributed by atoms with Crippen molar-refractivity contribution in [2.45, 2.75) is 32.4 Å². The number of nitrogens with zero attached hydrogens (tertiary/aromatic N) is 4. The van der Waals surface area contributed by atoms with Crippen molar-refractivity contribution < 1.29 is 27.5 Å². The molecule has 1 saturated carbocycles. The van der Waals surface area contributed by atoms with Gasteiger partial charge in [-0.1, -0.05) is 6.42 Å². The molecule has 0 spiro atoms. The highest BCUT2D eigenvalue weighted by Gasteiger charge is 2.63. The summed E-state index contributed by atoms with van der Waals surface area (Å²) >= 11 is 0. The first-order chi connectivity index (χ1) is 16.1. The van der Waals surface area contributed by atoms with Gasteiger partial charge >= 0.3 is 12.2 Å². The van der Waals surface area contributed by atoms with E-state index in [0.29, 0.717) is 22.9 Å². The van der Waals surface area contributed by atoms with Crippen LogP contribution in [0.2, 0.25) is 0 Å². The molecule has 34 heavy (non-hydrogen) atoms. The van der Waals surface area contributed by atoms with Crippen LogP contribution in [0, 0.1) is 12.3 Å². The first kappa shape index (κ1) is 23.2. The van der Waals surface area contributed by atoms with Crippen molar-refractivity contribution in [1.29, 1.82) is 0 Å². The van der Waals surface area contributed by atoms with Gasteiger partial charge in [0.05, 0.1) is 17.6 Å². The highest BCUT2D eigenvalue weighted by molar-refractivity contribution is 6.03. The average Bonchev–Trinajstić information content (AvgIpc) is 3.14. The number of hydrogen-bond acceptors (Lipinski definition) is 6. The van der Waals surface area contributed by atoms with Crippen LogP contribution in [-0.2, 0) is 11.8 Å². The minimum Gasteiger partial charge on any atom is -0.455 e. The van der Waals surface area contributed by atoms with E-state index in [1.807, 2.05) is 6.20 Å². The third-order valence-electron chi connectivity index (χ3n) is 5.65. The predicted octanol–water partition coefficient (Wildman–Crippen LogP) is 4.36. The zero-order valence-electron chi connectivity index (χ0n) is 18.3. The van der Waals surface area contributed by atoms with E-state index < -0.39 is 23.5 Å². The third-order valence-corrected chi connectivity index (χ3v) is 5.65. The van der Waals surface area contributed by atoms with E-state index in [2.05, 4.69) is 20.4 Å². The van der Waals surface area contributed by atoms with Gasteiger partial charge in [0.1, 0.15) is 22.7 Å². The largest absolute Gasteiger partial charge is 0.455 e. The molecule has 0 unspecified atom stereocenters. The van der Waals surface area contributed by atoms with Gasteiger partial charge in [-0.3, -0.25) is 25.1 Å². The molecule has 4 rings (SSSR count). The summed E-state index contributed by atoms with van der Waals surface area (Å²) in [5, 5.41) is 8.18. The first-order valence-electron chi connectivity index (χ1n) is 10.4. The normalized spacial score (nSPS) is 14.7. The SMILES string of the molecule is Cc1nc(NC(=O)NC(=O)C2(C(F)(F)F)CCC2)ccc1Oc1ccnc(-c2cnn(C)c2)c1. The molecule has 0 aliphatic heterocycles. The first-order valence-corrected chi connectivity index (χ1v) is 10.4. The van der Waals surface area contributed by atoms with Crippen LogP contribution in [0.5, 0.6) is 11.5 Å². The van der Waals surface area contributed by atoms with E-state index in [4.69, 9.17) is 4.74 Å². The molecule has 2 N–H and O–H groups in total. The fourth-order valence-corrected chi connectivity index (χ4v) is 3.58. The average molecular weight is 474 g/mol. The van der Waals surface area contributed by atoms with Crippen LogP contribution in [0.4, 0.5) is 23.8 Å². The minimum atomic E-state index is -4.71. The maximum atomic E-state index is 13.3. The van der Waals surface area contributed by atoms with Crippen molar-refractivity contribution in [3.63, 3.8) is 0 Å². The van der Waals surface area contributed by atoms with E-state index in [1.54, 1.807) is 54.6 Å². The van der Waals surface area contributed by atoms with Gasteiger partial charge in [-0.2, -0.15) is 18.3 Å². The molecule has 3 aromatic heterocycles. The summed E-state index contributed by atoms with van der Waals surface area (Å²) in [6, 6.07) is 5.28. The molecule has 178 valence electrons. The number of halogens is 3. The number of anilines is 1. The summed E-state index contributed by atoms with van der Waals surface area (Å²) in [6.45, 7) is 1.64. The number of aromatic nitrogens is 4. The summed E-state index contributed by atoms with van der Waals surface area (Å²) in [5.41, 5.74) is -0.615. The summed E-state index contributed by atoms with van der Waals surface area (Å²) in [7, 11) is 1.80. The third kappa shape index (κ3) is 4.56. The number of carbonyl (C=O) groups excluding carboxylic acids is 2. The smallest absolute Gasteiger partial charge is 0.403 e. The van der Waals surface area contributed by atoms with Gasteiger partial charge in [-0.25, -0.2) is 9.78 Å². The van der Waals surface area contributed by atoms with E-state index in [-0.39, 0.29) is 25.1 Å². The number of ether oxygens (including phenoxy) is 1. The van der Waals surface area contributed by atoms with Crippen LogP contribution in [0.1, 0.15) is 25.0 Å². The Balaban J connectivity index is 1.41. The zero-order valence-corrected chi connectivity index (χ0v) is 18.3. The number of hydrogen-bond donors (Lipinski definition) is 2. The molecular formula is C22H21F3N6O3. The number of imide groups is 1. The van der Waals surface area contributed by atoms with Crippen molar-refractivity contribution >= 4 is 17.8 Å². The molecule has 0 atom stereocenters. The van der Waals surface area contributed by atoms with Crippen LogP contribution in [0.3, 0.4) is 0 Å². The second-order valence-corrected chi connectivity index (χ2v) is 8.00. The summed E-state index contributed by atoms with van der Waals surface area (Å²) in [4.78, 5) is 32.7. The van der Waals surface area contributed by atoms with E-state index in [9.17, 15) is 22.8 Å². The van der Waals surface area contributed by atoms with Gasteiger partial charge in [-0.15, -0.1) is 0 Å². The van der Waals surface area contributed by atoms with E-state index >= 15 is 0 Å². The molecule has 0 radical (unpaired) electrons. The number of carbonyl (C=O) groups is 2. The fraction of sp³-hybridized carbons (Fsp3) is 0.318.